The van der Waals surface area contributed by atoms with Crippen LogP contribution >= 0.6 is 0 Å². The first-order chi connectivity index (χ1) is 10.6. The van der Waals surface area contributed by atoms with Crippen molar-refractivity contribution in [3.8, 4) is 0 Å². The first-order valence-electron chi connectivity index (χ1n) is 7.94. The summed E-state index contributed by atoms with van der Waals surface area (Å²) in [5.74, 6) is 1.84. The molecule has 0 saturated heterocycles. The van der Waals surface area contributed by atoms with E-state index in [9.17, 15) is 4.79 Å². The molecule has 1 aromatic carbocycles. The second kappa shape index (κ2) is 6.30. The van der Waals surface area contributed by atoms with Gasteiger partial charge in [0.25, 0.3) is 5.91 Å². The molecule has 1 N–H and O–H groups in total. The van der Waals surface area contributed by atoms with Gasteiger partial charge in [-0.15, -0.1) is 10.2 Å². The van der Waals surface area contributed by atoms with Crippen LogP contribution in [0.1, 0.15) is 59.8 Å². The molecule has 1 unspecified atom stereocenters. The van der Waals surface area contributed by atoms with Crippen molar-refractivity contribution in [2.75, 3.05) is 0 Å². The van der Waals surface area contributed by atoms with Gasteiger partial charge >= 0.3 is 0 Å². The molecule has 2 aromatic rings. The minimum atomic E-state index is -0.146. The first kappa shape index (κ1) is 14.8. The van der Waals surface area contributed by atoms with Crippen molar-refractivity contribution in [2.24, 2.45) is 0 Å². The van der Waals surface area contributed by atoms with E-state index in [0.29, 0.717) is 5.56 Å². The average Bonchev–Trinajstić information content (AvgIpc) is 2.76. The van der Waals surface area contributed by atoms with Gasteiger partial charge in [-0.2, -0.15) is 0 Å². The van der Waals surface area contributed by atoms with Crippen molar-refractivity contribution in [2.45, 2.75) is 52.1 Å². The van der Waals surface area contributed by atoms with Crippen LogP contribution < -0.4 is 5.32 Å². The summed E-state index contributed by atoms with van der Waals surface area (Å²) in [5, 5.41) is 11.6. The van der Waals surface area contributed by atoms with Gasteiger partial charge in [-0.1, -0.05) is 24.1 Å². The van der Waals surface area contributed by atoms with E-state index >= 15 is 0 Å². The summed E-state index contributed by atoms with van der Waals surface area (Å²) in [6.45, 7) is 4.90. The van der Waals surface area contributed by atoms with E-state index in [1.807, 2.05) is 38.1 Å². The third-order valence-electron chi connectivity index (χ3n) is 4.15. The fraction of sp³-hybridized carbons (Fsp3) is 0.471. The molecule has 1 aliphatic heterocycles. The number of nitrogens with zero attached hydrogens (tertiary/aromatic N) is 3. The maximum absolute atomic E-state index is 12.4. The summed E-state index contributed by atoms with van der Waals surface area (Å²) < 4.78 is 2.17. The zero-order valence-corrected chi connectivity index (χ0v) is 13.2. The number of fused-ring (bicyclic) bond motifs is 1. The lowest BCUT2D eigenvalue weighted by Crippen LogP contribution is -2.29. The molecule has 22 heavy (non-hydrogen) atoms. The molecule has 1 aliphatic rings. The monoisotopic (exact) mass is 298 g/mol. The predicted molar refractivity (Wildman–Crippen MR) is 84.6 cm³/mol. The summed E-state index contributed by atoms with van der Waals surface area (Å²) in [6, 6.07) is 7.47. The zero-order chi connectivity index (χ0) is 15.5. The Morgan fingerprint density at radius 1 is 1.27 bits per heavy atom. The van der Waals surface area contributed by atoms with E-state index in [0.717, 1.165) is 36.6 Å². The number of aromatic nitrogens is 3. The molecule has 5 nitrogen and oxygen atoms in total. The zero-order valence-electron chi connectivity index (χ0n) is 13.2. The number of hydrogen-bond acceptors (Lipinski definition) is 3. The number of benzene rings is 1. The van der Waals surface area contributed by atoms with Crippen LogP contribution in [0.15, 0.2) is 24.3 Å². The van der Waals surface area contributed by atoms with Crippen molar-refractivity contribution < 1.29 is 4.79 Å². The van der Waals surface area contributed by atoms with Crippen LogP contribution in [-0.4, -0.2) is 20.7 Å². The highest BCUT2D eigenvalue weighted by Crippen LogP contribution is 2.19. The van der Waals surface area contributed by atoms with Crippen LogP contribution in [0.3, 0.4) is 0 Å². The molecule has 0 aliphatic carbocycles. The van der Waals surface area contributed by atoms with E-state index in [2.05, 4.69) is 20.1 Å². The van der Waals surface area contributed by atoms with E-state index in [1.54, 1.807) is 0 Å². The second-order valence-corrected chi connectivity index (χ2v) is 6.00. The Hall–Kier alpha value is -2.17. The van der Waals surface area contributed by atoms with Crippen LogP contribution in [0.25, 0.3) is 0 Å². The number of carbonyl (C=O) groups excluding carboxylic acids is 1. The maximum Gasteiger partial charge on any atom is 0.251 e. The van der Waals surface area contributed by atoms with Crippen LogP contribution in [0, 0.1) is 6.92 Å². The van der Waals surface area contributed by atoms with Crippen LogP contribution in [0.2, 0.25) is 0 Å². The normalized spacial score (nSPS) is 15.7. The molecule has 0 bridgehead atoms. The molecule has 1 atom stereocenters. The van der Waals surface area contributed by atoms with E-state index < -0.39 is 0 Å². The molecule has 3 rings (SSSR count). The van der Waals surface area contributed by atoms with Crippen molar-refractivity contribution in [1.29, 1.82) is 0 Å². The second-order valence-electron chi connectivity index (χ2n) is 6.00. The summed E-state index contributed by atoms with van der Waals surface area (Å²) in [4.78, 5) is 12.4. The summed E-state index contributed by atoms with van der Waals surface area (Å²) in [5.41, 5.74) is 1.76. The third-order valence-corrected chi connectivity index (χ3v) is 4.15. The number of aryl methyl sites for hydroxylation is 2. The van der Waals surface area contributed by atoms with Crippen LogP contribution in [0.4, 0.5) is 0 Å². The highest BCUT2D eigenvalue weighted by molar-refractivity contribution is 5.94. The van der Waals surface area contributed by atoms with Crippen LogP contribution in [-0.2, 0) is 13.0 Å². The lowest BCUT2D eigenvalue weighted by molar-refractivity contribution is 0.0937. The van der Waals surface area contributed by atoms with Gasteiger partial charge in [-0.3, -0.25) is 4.79 Å². The Balaban J connectivity index is 1.76. The van der Waals surface area contributed by atoms with Gasteiger partial charge in [-0.05, 0) is 38.8 Å². The molecule has 0 radical (unpaired) electrons. The Morgan fingerprint density at radius 3 is 2.95 bits per heavy atom. The van der Waals surface area contributed by atoms with Crippen LogP contribution in [0.5, 0.6) is 0 Å². The van der Waals surface area contributed by atoms with E-state index in [-0.39, 0.29) is 11.9 Å². The lowest BCUT2D eigenvalue weighted by Gasteiger charge is -2.15. The fourth-order valence-corrected chi connectivity index (χ4v) is 2.96. The number of hydrogen-bond donors (Lipinski definition) is 1. The van der Waals surface area contributed by atoms with Crippen molar-refractivity contribution in [3.63, 3.8) is 0 Å². The molecule has 116 valence electrons. The van der Waals surface area contributed by atoms with Crippen molar-refractivity contribution in [3.05, 3.63) is 47.0 Å². The standard InChI is InChI=1S/C17H22N4O/c1-12-7-6-8-14(11-12)17(22)18-13(2)16-20-19-15-9-4-3-5-10-21(15)16/h6-8,11,13H,3-5,9-10H2,1-2H3,(H,18,22). The average molecular weight is 298 g/mol. The summed E-state index contributed by atoms with van der Waals surface area (Å²) in [6.07, 6.45) is 4.52. The quantitative estimate of drug-likeness (QED) is 0.948. The smallest absolute Gasteiger partial charge is 0.251 e. The van der Waals surface area contributed by atoms with Gasteiger partial charge in [0.05, 0.1) is 6.04 Å². The van der Waals surface area contributed by atoms with Crippen molar-refractivity contribution in [1.82, 2.24) is 20.1 Å². The Morgan fingerprint density at radius 2 is 2.14 bits per heavy atom. The topological polar surface area (TPSA) is 59.8 Å². The number of rotatable bonds is 3. The van der Waals surface area contributed by atoms with Gasteiger partial charge in [0, 0.05) is 18.5 Å². The SMILES string of the molecule is Cc1cccc(C(=O)NC(C)c2nnc3n2CCCCC3)c1. The van der Waals surface area contributed by atoms with Gasteiger partial charge in [0.1, 0.15) is 5.82 Å². The lowest BCUT2D eigenvalue weighted by atomic mass is 10.1. The largest absolute Gasteiger partial charge is 0.342 e. The maximum atomic E-state index is 12.4. The van der Waals surface area contributed by atoms with Crippen molar-refractivity contribution >= 4 is 5.91 Å². The molecule has 2 heterocycles. The van der Waals surface area contributed by atoms with Gasteiger partial charge in [0.2, 0.25) is 0 Å². The summed E-state index contributed by atoms with van der Waals surface area (Å²) in [7, 11) is 0. The molecule has 0 fully saturated rings. The highest BCUT2D eigenvalue weighted by Gasteiger charge is 2.20. The molecule has 5 heteroatoms. The molecular weight excluding hydrogens is 276 g/mol. The Labute approximate surface area is 130 Å². The number of carbonyl (C=O) groups is 1. The molecule has 0 spiro atoms. The van der Waals surface area contributed by atoms with Gasteiger partial charge in [0.15, 0.2) is 5.82 Å². The van der Waals surface area contributed by atoms with E-state index in [1.165, 1.54) is 12.8 Å². The third kappa shape index (κ3) is 3.03. The minimum absolute atomic E-state index is 0.0674. The molecule has 0 saturated carbocycles. The Bertz CT molecular complexity index is 677. The minimum Gasteiger partial charge on any atom is -0.342 e. The summed E-state index contributed by atoms with van der Waals surface area (Å²) >= 11 is 0. The predicted octanol–water partition coefficient (Wildman–Crippen LogP) is 2.80. The highest BCUT2D eigenvalue weighted by atomic mass is 16.1. The number of amides is 1. The van der Waals surface area contributed by atoms with Gasteiger partial charge in [-0.25, -0.2) is 0 Å². The Kier molecular flexibility index (Phi) is 4.22. The van der Waals surface area contributed by atoms with Gasteiger partial charge < -0.3 is 9.88 Å². The number of nitrogens with one attached hydrogen (secondary N) is 1. The molecule has 1 aromatic heterocycles. The first-order valence-corrected chi connectivity index (χ1v) is 7.94. The van der Waals surface area contributed by atoms with E-state index in [4.69, 9.17) is 0 Å². The fourth-order valence-electron chi connectivity index (χ4n) is 2.96. The molecular formula is C17H22N4O. The molecule has 1 amide bonds.